The predicted molar refractivity (Wildman–Crippen MR) is 111 cm³/mol. The fraction of sp³-hybridized carbons (Fsp3) is 0.381. The first-order valence-corrected chi connectivity index (χ1v) is 11.1. The Bertz CT molecular complexity index is 960. The van der Waals surface area contributed by atoms with E-state index in [2.05, 4.69) is 5.32 Å². The number of hydrogen-bond acceptors (Lipinski definition) is 3. The van der Waals surface area contributed by atoms with Gasteiger partial charge in [-0.2, -0.15) is 4.31 Å². The molecule has 2 aromatic rings. The average Bonchev–Trinajstić information content (AvgIpc) is 2.67. The summed E-state index contributed by atoms with van der Waals surface area (Å²) in [6.07, 6.45) is 1.29. The van der Waals surface area contributed by atoms with E-state index in [1.54, 1.807) is 12.1 Å². The molecule has 0 unspecified atom stereocenters. The lowest BCUT2D eigenvalue weighted by molar-refractivity contribution is -0.132. The van der Waals surface area contributed by atoms with E-state index in [9.17, 15) is 13.2 Å². The molecule has 1 N–H and O–H groups in total. The van der Waals surface area contributed by atoms with Crippen LogP contribution in [0.3, 0.4) is 0 Å². The number of nitrogens with zero attached hydrogens (tertiary/aromatic N) is 1. The maximum absolute atomic E-state index is 13.0. The van der Waals surface area contributed by atoms with Gasteiger partial charge >= 0.3 is 0 Å². The molecule has 28 heavy (non-hydrogen) atoms. The zero-order valence-electron chi connectivity index (χ0n) is 16.1. The second kappa shape index (κ2) is 8.23. The van der Waals surface area contributed by atoms with Crippen LogP contribution in [0.1, 0.15) is 30.9 Å². The van der Waals surface area contributed by atoms with Crippen molar-refractivity contribution in [2.75, 3.05) is 13.1 Å². The van der Waals surface area contributed by atoms with E-state index in [1.165, 1.54) is 16.4 Å². The van der Waals surface area contributed by atoms with Gasteiger partial charge in [-0.15, -0.1) is 0 Å². The van der Waals surface area contributed by atoms with Crippen molar-refractivity contribution in [3.63, 3.8) is 0 Å². The largest absolute Gasteiger partial charge is 0.352 e. The second-order valence-corrected chi connectivity index (χ2v) is 9.94. The average molecular weight is 421 g/mol. The molecular weight excluding hydrogens is 396 g/mol. The Labute approximate surface area is 171 Å². The molecule has 2 aromatic carbocycles. The van der Waals surface area contributed by atoms with E-state index in [0.717, 1.165) is 11.1 Å². The Balaban J connectivity index is 1.72. The molecular formula is C21H25ClN2O3S. The van der Waals surface area contributed by atoms with Crippen LogP contribution >= 0.6 is 11.6 Å². The number of benzene rings is 2. The normalized spacial score (nSPS) is 20.7. The van der Waals surface area contributed by atoms with Gasteiger partial charge < -0.3 is 5.32 Å². The highest BCUT2D eigenvalue weighted by Crippen LogP contribution is 2.33. The number of carbonyl (C=O) groups excluding carboxylic acids is 1. The molecule has 0 bridgehead atoms. The zero-order valence-corrected chi connectivity index (χ0v) is 17.7. The Morgan fingerprint density at radius 1 is 1.18 bits per heavy atom. The molecule has 150 valence electrons. The van der Waals surface area contributed by atoms with E-state index >= 15 is 0 Å². The standard InChI is InChI=1S/C21H25ClN2O3S/c1-16-6-3-4-7-17(16)14-23-20(25)21(2)12-5-13-24(15-21)28(26,27)19-10-8-18(22)9-11-19/h3-4,6-11H,5,12-15H2,1-2H3,(H,23,25)/t21-/m1/s1. The van der Waals surface area contributed by atoms with Gasteiger partial charge in [-0.25, -0.2) is 8.42 Å². The number of aryl methyl sites for hydroxylation is 1. The summed E-state index contributed by atoms with van der Waals surface area (Å²) in [5.41, 5.74) is 1.41. The van der Waals surface area contributed by atoms with Crippen LogP contribution in [0, 0.1) is 12.3 Å². The van der Waals surface area contributed by atoms with Crippen LogP contribution in [0.25, 0.3) is 0 Å². The summed E-state index contributed by atoms with van der Waals surface area (Å²) in [6.45, 7) is 4.85. The molecule has 5 nitrogen and oxygen atoms in total. The quantitative estimate of drug-likeness (QED) is 0.800. The van der Waals surface area contributed by atoms with Gasteiger partial charge in [0.05, 0.1) is 10.3 Å². The molecule has 7 heteroatoms. The van der Waals surface area contributed by atoms with Gasteiger partial charge in [0.25, 0.3) is 0 Å². The smallest absolute Gasteiger partial charge is 0.243 e. The molecule has 1 amide bonds. The lowest BCUT2D eigenvalue weighted by atomic mass is 9.82. The number of sulfonamides is 1. The van der Waals surface area contributed by atoms with Crippen LogP contribution in [0.5, 0.6) is 0 Å². The summed E-state index contributed by atoms with van der Waals surface area (Å²) in [7, 11) is -3.66. The van der Waals surface area contributed by atoms with E-state index in [4.69, 9.17) is 11.6 Å². The zero-order chi connectivity index (χ0) is 20.4. The minimum Gasteiger partial charge on any atom is -0.352 e. The van der Waals surface area contributed by atoms with Crippen LogP contribution in [0.15, 0.2) is 53.4 Å². The summed E-state index contributed by atoms with van der Waals surface area (Å²) >= 11 is 5.87. The summed E-state index contributed by atoms with van der Waals surface area (Å²) < 4.78 is 27.4. The molecule has 0 radical (unpaired) electrons. The van der Waals surface area contributed by atoms with Crippen LogP contribution < -0.4 is 5.32 Å². The first kappa shape index (κ1) is 20.8. The van der Waals surface area contributed by atoms with Crippen molar-refractivity contribution in [3.05, 3.63) is 64.7 Å². The van der Waals surface area contributed by atoms with Gasteiger partial charge in [-0.05, 0) is 62.1 Å². The molecule has 1 heterocycles. The van der Waals surface area contributed by atoms with Gasteiger partial charge in [0.15, 0.2) is 0 Å². The summed E-state index contributed by atoms with van der Waals surface area (Å²) in [4.78, 5) is 13.1. The molecule has 0 aliphatic carbocycles. The molecule has 1 atom stereocenters. The van der Waals surface area contributed by atoms with E-state index in [-0.39, 0.29) is 17.3 Å². The number of nitrogens with one attached hydrogen (secondary N) is 1. The lowest BCUT2D eigenvalue weighted by Gasteiger charge is -2.38. The predicted octanol–water partition coefficient (Wildman–Crippen LogP) is 3.76. The first-order valence-electron chi connectivity index (χ1n) is 9.31. The highest BCUT2D eigenvalue weighted by atomic mass is 35.5. The molecule has 3 rings (SSSR count). The van der Waals surface area contributed by atoms with E-state index in [0.29, 0.717) is 31.0 Å². The molecule has 1 aliphatic heterocycles. The number of hydrogen-bond donors (Lipinski definition) is 1. The van der Waals surface area contributed by atoms with Crippen molar-refractivity contribution in [2.45, 2.75) is 38.1 Å². The fourth-order valence-corrected chi connectivity index (χ4v) is 5.26. The maximum atomic E-state index is 13.0. The monoisotopic (exact) mass is 420 g/mol. The van der Waals surface area contributed by atoms with Crippen molar-refractivity contribution in [1.29, 1.82) is 0 Å². The van der Waals surface area contributed by atoms with E-state index < -0.39 is 15.4 Å². The highest BCUT2D eigenvalue weighted by molar-refractivity contribution is 7.89. The third kappa shape index (κ3) is 4.40. The van der Waals surface area contributed by atoms with Crippen LogP contribution in [0.4, 0.5) is 0 Å². The molecule has 0 spiro atoms. The maximum Gasteiger partial charge on any atom is 0.243 e. The number of carbonyl (C=O) groups is 1. The lowest BCUT2D eigenvalue weighted by Crippen LogP contribution is -2.51. The number of rotatable bonds is 5. The second-order valence-electron chi connectivity index (χ2n) is 7.57. The van der Waals surface area contributed by atoms with Gasteiger partial charge in [0, 0.05) is 24.7 Å². The van der Waals surface area contributed by atoms with Crippen molar-refractivity contribution in [3.8, 4) is 0 Å². The molecule has 1 fully saturated rings. The van der Waals surface area contributed by atoms with Gasteiger partial charge in [0.1, 0.15) is 0 Å². The van der Waals surface area contributed by atoms with Crippen molar-refractivity contribution in [2.24, 2.45) is 5.41 Å². The van der Waals surface area contributed by atoms with Crippen LogP contribution in [-0.2, 0) is 21.4 Å². The van der Waals surface area contributed by atoms with Crippen LogP contribution in [-0.4, -0.2) is 31.7 Å². The van der Waals surface area contributed by atoms with Crippen molar-refractivity contribution < 1.29 is 13.2 Å². The number of amides is 1. The molecule has 1 aliphatic rings. The Hall–Kier alpha value is -1.89. The SMILES string of the molecule is Cc1ccccc1CNC(=O)[C@]1(C)CCCN(S(=O)(=O)c2ccc(Cl)cc2)C1. The molecule has 0 aromatic heterocycles. The minimum atomic E-state index is -3.66. The number of halogens is 1. The molecule has 0 saturated carbocycles. The van der Waals surface area contributed by atoms with Gasteiger partial charge in [-0.1, -0.05) is 35.9 Å². The Kier molecular flexibility index (Phi) is 6.12. The van der Waals surface area contributed by atoms with Crippen molar-refractivity contribution >= 4 is 27.5 Å². The molecule has 1 saturated heterocycles. The summed E-state index contributed by atoms with van der Waals surface area (Å²) in [5.74, 6) is -0.119. The Morgan fingerprint density at radius 3 is 2.54 bits per heavy atom. The van der Waals surface area contributed by atoms with Crippen LogP contribution in [0.2, 0.25) is 5.02 Å². The first-order chi connectivity index (χ1) is 13.2. The van der Waals surface area contributed by atoms with Gasteiger partial charge in [0.2, 0.25) is 15.9 Å². The van der Waals surface area contributed by atoms with Crippen molar-refractivity contribution in [1.82, 2.24) is 9.62 Å². The minimum absolute atomic E-state index is 0.119. The topological polar surface area (TPSA) is 66.5 Å². The fourth-order valence-electron chi connectivity index (χ4n) is 3.54. The Morgan fingerprint density at radius 2 is 1.86 bits per heavy atom. The third-order valence-electron chi connectivity index (χ3n) is 5.36. The number of piperidine rings is 1. The third-order valence-corrected chi connectivity index (χ3v) is 7.47. The highest BCUT2D eigenvalue weighted by Gasteiger charge is 2.41. The summed E-state index contributed by atoms with van der Waals surface area (Å²) in [5, 5.41) is 3.48. The van der Waals surface area contributed by atoms with E-state index in [1.807, 2.05) is 38.1 Å². The van der Waals surface area contributed by atoms with Gasteiger partial charge in [-0.3, -0.25) is 4.79 Å². The summed E-state index contributed by atoms with van der Waals surface area (Å²) in [6, 6.07) is 14.0.